The van der Waals surface area contributed by atoms with Crippen LogP contribution in [0.1, 0.15) is 24.5 Å². The standard InChI is InChI=1S/C15H16F3N3/c1-2-5-10-6-3-4-7-12(10)20-14-9-11(15(16,17)18)8-13(19)21-14/h3-4,6-9H,2,5H2,1H3,(H3,19,20,21). The molecule has 1 heterocycles. The Bertz CT molecular complexity index is 624. The van der Waals surface area contributed by atoms with Gasteiger partial charge in [0.25, 0.3) is 0 Å². The molecule has 3 N–H and O–H groups in total. The fraction of sp³-hybridized carbons (Fsp3) is 0.267. The van der Waals surface area contributed by atoms with E-state index in [0.29, 0.717) is 0 Å². The van der Waals surface area contributed by atoms with Crippen LogP contribution < -0.4 is 11.1 Å². The number of aryl methyl sites for hydroxylation is 1. The lowest BCUT2D eigenvalue weighted by atomic mass is 10.1. The molecule has 0 spiro atoms. The maximum absolute atomic E-state index is 12.8. The number of halogens is 3. The molecule has 2 aromatic rings. The van der Waals surface area contributed by atoms with Crippen LogP contribution in [-0.2, 0) is 12.6 Å². The van der Waals surface area contributed by atoms with Crippen molar-refractivity contribution >= 4 is 17.3 Å². The third-order valence-electron chi connectivity index (χ3n) is 2.97. The Labute approximate surface area is 121 Å². The van der Waals surface area contributed by atoms with E-state index in [1.54, 1.807) is 0 Å². The molecule has 0 aliphatic rings. The van der Waals surface area contributed by atoms with Crippen LogP contribution in [0.25, 0.3) is 0 Å². The maximum atomic E-state index is 12.8. The fourth-order valence-electron chi connectivity index (χ4n) is 2.05. The minimum absolute atomic E-state index is 0.0888. The van der Waals surface area contributed by atoms with Gasteiger partial charge in [-0.25, -0.2) is 4.98 Å². The van der Waals surface area contributed by atoms with Crippen LogP contribution in [0.2, 0.25) is 0 Å². The van der Waals surface area contributed by atoms with Crippen molar-refractivity contribution in [3.05, 3.63) is 47.5 Å². The molecule has 0 aliphatic carbocycles. The topological polar surface area (TPSA) is 50.9 Å². The zero-order chi connectivity index (χ0) is 15.5. The molecule has 0 aliphatic heterocycles. The number of aromatic nitrogens is 1. The zero-order valence-electron chi connectivity index (χ0n) is 11.5. The van der Waals surface area contributed by atoms with Gasteiger partial charge < -0.3 is 11.1 Å². The molecule has 0 atom stereocenters. The first-order valence-corrected chi connectivity index (χ1v) is 6.60. The molecule has 1 aromatic heterocycles. The van der Waals surface area contributed by atoms with Crippen molar-refractivity contribution in [3.63, 3.8) is 0 Å². The monoisotopic (exact) mass is 295 g/mol. The average molecular weight is 295 g/mol. The zero-order valence-corrected chi connectivity index (χ0v) is 11.5. The third-order valence-corrected chi connectivity index (χ3v) is 2.97. The van der Waals surface area contributed by atoms with E-state index in [-0.39, 0.29) is 11.6 Å². The highest BCUT2D eigenvalue weighted by Crippen LogP contribution is 2.32. The predicted molar refractivity (Wildman–Crippen MR) is 77.4 cm³/mol. The van der Waals surface area contributed by atoms with E-state index in [4.69, 9.17) is 5.73 Å². The fourth-order valence-corrected chi connectivity index (χ4v) is 2.05. The van der Waals surface area contributed by atoms with Crippen LogP contribution in [0.15, 0.2) is 36.4 Å². The molecule has 1 aromatic carbocycles. The summed E-state index contributed by atoms with van der Waals surface area (Å²) in [6.07, 6.45) is -2.68. The number of rotatable bonds is 4. The smallest absolute Gasteiger partial charge is 0.384 e. The lowest BCUT2D eigenvalue weighted by Gasteiger charge is -2.13. The van der Waals surface area contributed by atoms with Crippen LogP contribution >= 0.6 is 0 Å². The second kappa shape index (κ2) is 6.03. The number of para-hydroxylation sites is 1. The third kappa shape index (κ3) is 3.87. The molecule has 6 heteroatoms. The van der Waals surface area contributed by atoms with E-state index in [9.17, 15) is 13.2 Å². The first-order chi connectivity index (χ1) is 9.90. The number of anilines is 3. The molecule has 0 amide bonds. The van der Waals surface area contributed by atoms with Gasteiger partial charge in [0.1, 0.15) is 11.6 Å². The molecular weight excluding hydrogens is 279 g/mol. The molecule has 0 unspecified atom stereocenters. The highest BCUT2D eigenvalue weighted by Gasteiger charge is 2.31. The molecule has 3 nitrogen and oxygen atoms in total. The number of pyridine rings is 1. The number of nitrogens with one attached hydrogen (secondary N) is 1. The van der Waals surface area contributed by atoms with E-state index in [0.717, 1.165) is 36.2 Å². The van der Waals surface area contributed by atoms with Crippen molar-refractivity contribution in [2.24, 2.45) is 0 Å². The molecule has 2 rings (SSSR count). The minimum Gasteiger partial charge on any atom is -0.384 e. The summed E-state index contributed by atoms with van der Waals surface area (Å²) < 4.78 is 38.3. The lowest BCUT2D eigenvalue weighted by molar-refractivity contribution is -0.137. The molecule has 0 radical (unpaired) electrons. The SMILES string of the molecule is CCCc1ccccc1Nc1cc(C(F)(F)F)cc(N)n1. The van der Waals surface area contributed by atoms with Gasteiger partial charge in [0.2, 0.25) is 0 Å². The lowest BCUT2D eigenvalue weighted by Crippen LogP contribution is -2.08. The van der Waals surface area contributed by atoms with Crippen molar-refractivity contribution in [1.29, 1.82) is 0 Å². The Morgan fingerprint density at radius 1 is 1.19 bits per heavy atom. The first kappa shape index (κ1) is 15.2. The summed E-state index contributed by atoms with van der Waals surface area (Å²) in [5.41, 5.74) is 6.41. The average Bonchev–Trinajstić information content (AvgIpc) is 2.40. The van der Waals surface area contributed by atoms with Gasteiger partial charge in [-0.3, -0.25) is 0 Å². The number of hydrogen-bond donors (Lipinski definition) is 2. The molecule has 0 bridgehead atoms. The minimum atomic E-state index is -4.45. The van der Waals surface area contributed by atoms with Gasteiger partial charge in [0.15, 0.2) is 0 Å². The second-order valence-corrected chi connectivity index (χ2v) is 4.70. The summed E-state index contributed by atoms with van der Waals surface area (Å²) in [5, 5.41) is 2.92. The summed E-state index contributed by atoms with van der Waals surface area (Å²) in [6.45, 7) is 2.04. The van der Waals surface area contributed by atoms with Gasteiger partial charge in [-0.15, -0.1) is 0 Å². The van der Waals surface area contributed by atoms with Crippen LogP contribution in [-0.4, -0.2) is 4.98 Å². The van der Waals surface area contributed by atoms with E-state index in [1.807, 2.05) is 31.2 Å². The van der Waals surface area contributed by atoms with Crippen molar-refractivity contribution < 1.29 is 13.2 Å². The summed E-state index contributed by atoms with van der Waals surface area (Å²) in [7, 11) is 0. The van der Waals surface area contributed by atoms with Crippen LogP contribution in [0.4, 0.5) is 30.5 Å². The Morgan fingerprint density at radius 3 is 2.57 bits per heavy atom. The van der Waals surface area contributed by atoms with Gasteiger partial charge in [0.05, 0.1) is 5.56 Å². The number of nitrogen functional groups attached to an aromatic ring is 1. The van der Waals surface area contributed by atoms with E-state index < -0.39 is 11.7 Å². The molecule has 21 heavy (non-hydrogen) atoms. The van der Waals surface area contributed by atoms with Crippen molar-refractivity contribution in [2.75, 3.05) is 11.1 Å². The van der Waals surface area contributed by atoms with Crippen LogP contribution in [0.3, 0.4) is 0 Å². The van der Waals surface area contributed by atoms with Gasteiger partial charge in [-0.1, -0.05) is 31.5 Å². The number of nitrogens with two attached hydrogens (primary N) is 1. The Hall–Kier alpha value is -2.24. The highest BCUT2D eigenvalue weighted by atomic mass is 19.4. The Balaban J connectivity index is 2.34. The van der Waals surface area contributed by atoms with E-state index in [1.165, 1.54) is 0 Å². The number of benzene rings is 1. The quantitative estimate of drug-likeness (QED) is 0.880. The van der Waals surface area contributed by atoms with Gasteiger partial charge >= 0.3 is 6.18 Å². The predicted octanol–water partition coefficient (Wildman–Crippen LogP) is 4.38. The molecule has 0 saturated carbocycles. The Morgan fingerprint density at radius 2 is 1.90 bits per heavy atom. The van der Waals surface area contributed by atoms with Gasteiger partial charge in [-0.05, 0) is 30.2 Å². The van der Waals surface area contributed by atoms with Crippen molar-refractivity contribution in [3.8, 4) is 0 Å². The van der Waals surface area contributed by atoms with Crippen molar-refractivity contribution in [2.45, 2.75) is 25.9 Å². The summed E-state index contributed by atoms with van der Waals surface area (Å²) >= 11 is 0. The number of nitrogens with zero attached hydrogens (tertiary/aromatic N) is 1. The summed E-state index contributed by atoms with van der Waals surface area (Å²) in [6, 6.07) is 9.23. The highest BCUT2D eigenvalue weighted by molar-refractivity contribution is 5.62. The van der Waals surface area contributed by atoms with E-state index >= 15 is 0 Å². The Kier molecular flexibility index (Phi) is 4.35. The number of alkyl halides is 3. The maximum Gasteiger partial charge on any atom is 0.416 e. The molecule has 112 valence electrons. The van der Waals surface area contributed by atoms with Gasteiger partial charge in [0, 0.05) is 5.69 Å². The summed E-state index contributed by atoms with van der Waals surface area (Å²) in [4.78, 5) is 3.91. The normalized spacial score (nSPS) is 11.4. The van der Waals surface area contributed by atoms with Gasteiger partial charge in [-0.2, -0.15) is 13.2 Å². The second-order valence-electron chi connectivity index (χ2n) is 4.70. The van der Waals surface area contributed by atoms with Crippen LogP contribution in [0.5, 0.6) is 0 Å². The largest absolute Gasteiger partial charge is 0.416 e. The molecule has 0 fully saturated rings. The van der Waals surface area contributed by atoms with Crippen molar-refractivity contribution in [1.82, 2.24) is 4.98 Å². The molecular formula is C15H16F3N3. The first-order valence-electron chi connectivity index (χ1n) is 6.60. The number of hydrogen-bond acceptors (Lipinski definition) is 3. The van der Waals surface area contributed by atoms with Crippen LogP contribution in [0, 0.1) is 0 Å². The molecule has 0 saturated heterocycles. The van der Waals surface area contributed by atoms with E-state index in [2.05, 4.69) is 10.3 Å². The summed E-state index contributed by atoms with van der Waals surface area (Å²) in [5.74, 6) is -0.0776.